The molecule has 0 saturated heterocycles. The van der Waals surface area contributed by atoms with Crippen molar-refractivity contribution in [3.8, 4) is 0 Å². The van der Waals surface area contributed by atoms with Gasteiger partial charge >= 0.3 is 0 Å². The highest BCUT2D eigenvalue weighted by Gasteiger charge is 2.24. The van der Waals surface area contributed by atoms with Crippen LogP contribution in [0.3, 0.4) is 0 Å². The largest absolute Gasteiger partial charge is 0.327 e. The van der Waals surface area contributed by atoms with Crippen LogP contribution in [0.15, 0.2) is 18.2 Å². The molecule has 1 saturated carbocycles. The number of hydrogen-bond acceptors (Lipinski definition) is 1. The number of benzene rings is 1. The fourth-order valence-corrected chi connectivity index (χ4v) is 2.46. The molecule has 1 aromatic carbocycles. The first kappa shape index (κ1) is 11.3. The zero-order valence-corrected chi connectivity index (χ0v) is 10.1. The van der Waals surface area contributed by atoms with E-state index in [0.717, 1.165) is 17.0 Å². The summed E-state index contributed by atoms with van der Waals surface area (Å²) in [5, 5.41) is 1.42. The lowest BCUT2D eigenvalue weighted by Gasteiger charge is -2.31. The van der Waals surface area contributed by atoms with Crippen LogP contribution in [0.25, 0.3) is 0 Å². The normalized spacial score (nSPS) is 18.6. The molecule has 2 N–H and O–H groups in total. The summed E-state index contributed by atoms with van der Waals surface area (Å²) in [6.45, 7) is 0. The Morgan fingerprint density at radius 2 is 2.07 bits per heavy atom. The van der Waals surface area contributed by atoms with Gasteiger partial charge in [0, 0.05) is 16.1 Å². The van der Waals surface area contributed by atoms with E-state index >= 15 is 0 Å². The number of rotatable bonds is 3. The van der Waals surface area contributed by atoms with Gasteiger partial charge in [0.25, 0.3) is 0 Å². The molecule has 0 bridgehead atoms. The third kappa shape index (κ3) is 2.66. The van der Waals surface area contributed by atoms with E-state index < -0.39 is 0 Å². The van der Waals surface area contributed by atoms with Gasteiger partial charge in [-0.3, -0.25) is 0 Å². The molecule has 1 fully saturated rings. The van der Waals surface area contributed by atoms with Crippen LogP contribution in [0.2, 0.25) is 10.0 Å². The predicted molar refractivity (Wildman–Crippen MR) is 65.5 cm³/mol. The Labute approximate surface area is 101 Å². The van der Waals surface area contributed by atoms with Crippen molar-refractivity contribution in [1.82, 2.24) is 0 Å². The van der Waals surface area contributed by atoms with Crippen molar-refractivity contribution in [1.29, 1.82) is 0 Å². The zero-order valence-electron chi connectivity index (χ0n) is 8.55. The van der Waals surface area contributed by atoms with Crippen molar-refractivity contribution in [3.63, 3.8) is 0 Å². The molecule has 82 valence electrons. The van der Waals surface area contributed by atoms with Crippen LogP contribution in [0.4, 0.5) is 0 Å². The minimum absolute atomic E-state index is 0.248. The smallest absolute Gasteiger partial charge is 0.0453 e. The molecule has 1 unspecified atom stereocenters. The van der Waals surface area contributed by atoms with Gasteiger partial charge in [-0.25, -0.2) is 0 Å². The first-order chi connectivity index (χ1) is 7.16. The summed E-state index contributed by atoms with van der Waals surface area (Å²) >= 11 is 11.9. The van der Waals surface area contributed by atoms with Crippen LogP contribution in [0, 0.1) is 5.92 Å². The molecule has 1 nitrogen and oxygen atoms in total. The zero-order chi connectivity index (χ0) is 10.8. The summed E-state index contributed by atoms with van der Waals surface area (Å²) in [5.74, 6) is 0.691. The van der Waals surface area contributed by atoms with Gasteiger partial charge in [-0.15, -0.1) is 0 Å². The van der Waals surface area contributed by atoms with Crippen molar-refractivity contribution in [3.05, 3.63) is 33.8 Å². The Kier molecular flexibility index (Phi) is 3.55. The van der Waals surface area contributed by atoms with E-state index in [1.165, 1.54) is 19.3 Å². The fraction of sp³-hybridized carbons (Fsp3) is 0.500. The minimum atomic E-state index is 0.248. The maximum atomic E-state index is 6.13. The summed E-state index contributed by atoms with van der Waals surface area (Å²) in [6, 6.07) is 5.88. The van der Waals surface area contributed by atoms with E-state index in [0.29, 0.717) is 10.9 Å². The van der Waals surface area contributed by atoms with Gasteiger partial charge in [0.15, 0.2) is 0 Å². The van der Waals surface area contributed by atoms with E-state index in [1.54, 1.807) is 6.07 Å². The third-order valence-electron chi connectivity index (χ3n) is 3.23. The van der Waals surface area contributed by atoms with Gasteiger partial charge in [0.05, 0.1) is 0 Å². The van der Waals surface area contributed by atoms with E-state index in [4.69, 9.17) is 28.9 Å². The Morgan fingerprint density at radius 1 is 1.33 bits per heavy atom. The minimum Gasteiger partial charge on any atom is -0.327 e. The van der Waals surface area contributed by atoms with E-state index in [2.05, 4.69) is 0 Å². The maximum absolute atomic E-state index is 6.13. The molecule has 15 heavy (non-hydrogen) atoms. The molecule has 1 aliphatic carbocycles. The lowest BCUT2D eigenvalue weighted by atomic mass is 9.78. The molecular formula is C12H15Cl2N. The highest BCUT2D eigenvalue weighted by Crippen LogP contribution is 2.31. The molecule has 0 amide bonds. The van der Waals surface area contributed by atoms with Crippen LogP contribution in [0.1, 0.15) is 24.8 Å². The lowest BCUT2D eigenvalue weighted by Crippen LogP contribution is -2.36. The maximum Gasteiger partial charge on any atom is 0.0453 e. The van der Waals surface area contributed by atoms with E-state index in [-0.39, 0.29) is 6.04 Å². The molecule has 0 spiro atoms. The summed E-state index contributed by atoms with van der Waals surface area (Å²) in [5.41, 5.74) is 7.24. The molecule has 0 heterocycles. The molecule has 0 aliphatic heterocycles. The summed E-state index contributed by atoms with van der Waals surface area (Å²) in [4.78, 5) is 0. The Bertz CT molecular complexity index is 347. The predicted octanol–water partition coefficient (Wildman–Crippen LogP) is 3.66. The van der Waals surface area contributed by atoms with Crippen LogP contribution in [-0.2, 0) is 6.42 Å². The second kappa shape index (κ2) is 4.73. The number of halogens is 2. The molecule has 0 radical (unpaired) electrons. The van der Waals surface area contributed by atoms with Crippen molar-refractivity contribution < 1.29 is 0 Å². The Hall–Kier alpha value is -0.240. The summed E-state index contributed by atoms with van der Waals surface area (Å²) in [7, 11) is 0. The number of nitrogens with two attached hydrogens (primary N) is 1. The quantitative estimate of drug-likeness (QED) is 0.862. The fourth-order valence-electron chi connectivity index (χ4n) is 1.98. The molecule has 1 aliphatic rings. The molecule has 2 rings (SSSR count). The van der Waals surface area contributed by atoms with Gasteiger partial charge in [0.2, 0.25) is 0 Å². The summed E-state index contributed by atoms with van der Waals surface area (Å²) in [6.07, 6.45) is 4.73. The topological polar surface area (TPSA) is 26.0 Å². The van der Waals surface area contributed by atoms with Crippen LogP contribution in [-0.4, -0.2) is 6.04 Å². The second-order valence-electron chi connectivity index (χ2n) is 4.29. The van der Waals surface area contributed by atoms with Gasteiger partial charge in [-0.2, -0.15) is 0 Å². The van der Waals surface area contributed by atoms with Crippen molar-refractivity contribution in [2.24, 2.45) is 11.7 Å². The Morgan fingerprint density at radius 3 is 2.60 bits per heavy atom. The van der Waals surface area contributed by atoms with Crippen molar-refractivity contribution >= 4 is 23.2 Å². The van der Waals surface area contributed by atoms with Gasteiger partial charge < -0.3 is 5.73 Å². The van der Waals surface area contributed by atoms with Gasteiger partial charge in [-0.05, 0) is 42.9 Å². The first-order valence-electron chi connectivity index (χ1n) is 5.36. The van der Waals surface area contributed by atoms with Crippen molar-refractivity contribution in [2.45, 2.75) is 31.7 Å². The summed E-state index contributed by atoms with van der Waals surface area (Å²) < 4.78 is 0. The molecule has 1 atom stereocenters. The average Bonchev–Trinajstić information content (AvgIpc) is 2.07. The van der Waals surface area contributed by atoms with Gasteiger partial charge in [-0.1, -0.05) is 35.7 Å². The lowest BCUT2D eigenvalue weighted by molar-refractivity contribution is 0.260. The SMILES string of the molecule is NC(Cc1ccc(Cl)cc1Cl)C1CCC1. The molecule has 1 aromatic rings. The number of hydrogen-bond donors (Lipinski definition) is 1. The van der Waals surface area contributed by atoms with Gasteiger partial charge in [0.1, 0.15) is 0 Å². The molecular weight excluding hydrogens is 229 g/mol. The van der Waals surface area contributed by atoms with Crippen LogP contribution in [0.5, 0.6) is 0 Å². The van der Waals surface area contributed by atoms with E-state index in [1.807, 2.05) is 12.1 Å². The molecule has 3 heteroatoms. The first-order valence-corrected chi connectivity index (χ1v) is 6.12. The van der Waals surface area contributed by atoms with Crippen molar-refractivity contribution in [2.75, 3.05) is 0 Å². The van der Waals surface area contributed by atoms with Crippen LogP contribution >= 0.6 is 23.2 Å². The standard InChI is InChI=1S/C12H15Cl2N/c13-10-5-4-9(11(14)7-10)6-12(15)8-2-1-3-8/h4-5,7-8,12H,1-3,6,15H2. The highest BCUT2D eigenvalue weighted by molar-refractivity contribution is 6.35. The highest BCUT2D eigenvalue weighted by atomic mass is 35.5. The average molecular weight is 244 g/mol. The Balaban J connectivity index is 2.03. The monoisotopic (exact) mass is 243 g/mol. The third-order valence-corrected chi connectivity index (χ3v) is 3.81. The second-order valence-corrected chi connectivity index (χ2v) is 5.14. The molecule has 0 aromatic heterocycles. The van der Waals surface area contributed by atoms with Crippen LogP contribution < -0.4 is 5.73 Å². The van der Waals surface area contributed by atoms with E-state index in [9.17, 15) is 0 Å².